The highest BCUT2D eigenvalue weighted by Gasteiger charge is 2.21. The van der Waals surface area contributed by atoms with Crippen molar-refractivity contribution in [3.05, 3.63) is 60.9 Å². The Morgan fingerprint density at radius 1 is 0.828 bits per heavy atom. The molecule has 0 radical (unpaired) electrons. The van der Waals surface area contributed by atoms with Crippen LogP contribution in [0.15, 0.2) is 60.9 Å². The van der Waals surface area contributed by atoms with Crippen LogP contribution in [0.5, 0.6) is 28.7 Å². The van der Waals surface area contributed by atoms with Crippen LogP contribution in [0.1, 0.15) is 0 Å². The van der Waals surface area contributed by atoms with E-state index in [4.69, 9.17) is 24.7 Å². The van der Waals surface area contributed by atoms with Gasteiger partial charge in [0.1, 0.15) is 11.5 Å². The lowest BCUT2D eigenvalue weighted by atomic mass is 10.2. The number of methoxy groups -OCH3 is 3. The van der Waals surface area contributed by atoms with Crippen molar-refractivity contribution in [2.45, 2.75) is 0 Å². The molecule has 0 saturated carbocycles. The van der Waals surface area contributed by atoms with E-state index in [0.717, 1.165) is 0 Å². The number of pyridine rings is 1. The second-order valence-corrected chi connectivity index (χ2v) is 5.84. The predicted molar refractivity (Wildman–Crippen MR) is 109 cm³/mol. The second-order valence-electron chi connectivity index (χ2n) is 5.84. The van der Waals surface area contributed by atoms with Crippen LogP contribution in [0.2, 0.25) is 0 Å². The lowest BCUT2D eigenvalue weighted by Gasteiger charge is -2.23. The van der Waals surface area contributed by atoms with Crippen molar-refractivity contribution in [1.29, 1.82) is 0 Å². The first-order chi connectivity index (χ1) is 14.1. The van der Waals surface area contributed by atoms with Crippen molar-refractivity contribution < 1.29 is 23.7 Å². The number of rotatable bonds is 7. The number of carbonyl (C=O) groups excluding carboxylic acids is 1. The molecular weight excluding hydrogens is 374 g/mol. The van der Waals surface area contributed by atoms with Crippen LogP contribution in [-0.4, -0.2) is 32.3 Å². The summed E-state index contributed by atoms with van der Waals surface area (Å²) in [5.74, 6) is 2.50. The van der Waals surface area contributed by atoms with Crippen LogP contribution in [0.4, 0.5) is 16.2 Å². The third-order valence-electron chi connectivity index (χ3n) is 4.11. The molecule has 29 heavy (non-hydrogen) atoms. The molecule has 0 aliphatic heterocycles. The molecule has 150 valence electrons. The number of aromatic nitrogens is 1. The average molecular weight is 395 g/mol. The van der Waals surface area contributed by atoms with Gasteiger partial charge in [0, 0.05) is 24.5 Å². The molecule has 0 atom stereocenters. The van der Waals surface area contributed by atoms with E-state index in [1.165, 1.54) is 26.2 Å². The van der Waals surface area contributed by atoms with E-state index < -0.39 is 6.03 Å². The van der Waals surface area contributed by atoms with Gasteiger partial charge in [-0.3, -0.25) is 9.88 Å². The van der Waals surface area contributed by atoms with Crippen LogP contribution in [0.25, 0.3) is 0 Å². The molecule has 3 aromatic rings. The minimum Gasteiger partial charge on any atom is -0.493 e. The number of anilines is 2. The first-order valence-electron chi connectivity index (χ1n) is 8.65. The SMILES string of the molecule is COc1cc(N(C(N)=O)c2ccc(Oc3ccncc3)cc2)cc(OC)c1OC. The minimum absolute atomic E-state index is 0.408. The third kappa shape index (κ3) is 4.32. The minimum atomic E-state index is -0.665. The highest BCUT2D eigenvalue weighted by atomic mass is 16.5. The molecule has 2 aromatic carbocycles. The fourth-order valence-corrected chi connectivity index (χ4v) is 2.81. The van der Waals surface area contributed by atoms with E-state index in [0.29, 0.717) is 40.1 Å². The van der Waals surface area contributed by atoms with Crippen LogP contribution in [-0.2, 0) is 0 Å². The topological polar surface area (TPSA) is 96.1 Å². The molecule has 8 heteroatoms. The summed E-state index contributed by atoms with van der Waals surface area (Å²) >= 11 is 0. The molecule has 0 aliphatic rings. The molecule has 0 fully saturated rings. The summed E-state index contributed by atoms with van der Waals surface area (Å²) in [7, 11) is 4.51. The highest BCUT2D eigenvalue weighted by molar-refractivity contribution is 5.99. The highest BCUT2D eigenvalue weighted by Crippen LogP contribution is 2.42. The number of nitrogens with zero attached hydrogens (tertiary/aromatic N) is 2. The van der Waals surface area contributed by atoms with Gasteiger partial charge in [-0.15, -0.1) is 0 Å². The quantitative estimate of drug-likeness (QED) is 0.647. The van der Waals surface area contributed by atoms with Crippen LogP contribution in [0, 0.1) is 0 Å². The van der Waals surface area contributed by atoms with Crippen molar-refractivity contribution in [1.82, 2.24) is 4.98 Å². The number of urea groups is 1. The van der Waals surface area contributed by atoms with Gasteiger partial charge < -0.3 is 24.7 Å². The number of benzene rings is 2. The fraction of sp³-hybridized carbons (Fsp3) is 0.143. The average Bonchev–Trinajstić information content (AvgIpc) is 2.74. The van der Waals surface area contributed by atoms with Gasteiger partial charge in [0.25, 0.3) is 0 Å². The Morgan fingerprint density at radius 3 is 1.86 bits per heavy atom. The molecule has 0 unspecified atom stereocenters. The maximum Gasteiger partial charge on any atom is 0.323 e. The van der Waals surface area contributed by atoms with Crippen LogP contribution >= 0.6 is 0 Å². The Kier molecular flexibility index (Phi) is 6.03. The Labute approximate surface area is 168 Å². The summed E-state index contributed by atoms with van der Waals surface area (Å²) in [4.78, 5) is 17.5. The first-order valence-corrected chi connectivity index (χ1v) is 8.65. The smallest absolute Gasteiger partial charge is 0.323 e. The van der Waals surface area contributed by atoms with Crippen molar-refractivity contribution in [3.8, 4) is 28.7 Å². The van der Waals surface area contributed by atoms with E-state index in [1.54, 1.807) is 60.9 Å². The predicted octanol–water partition coefficient (Wildman–Crippen LogP) is 4.12. The van der Waals surface area contributed by atoms with Gasteiger partial charge >= 0.3 is 6.03 Å². The van der Waals surface area contributed by atoms with Gasteiger partial charge in [-0.2, -0.15) is 0 Å². The molecule has 0 aliphatic carbocycles. The van der Waals surface area contributed by atoms with Crippen molar-refractivity contribution in [3.63, 3.8) is 0 Å². The van der Waals surface area contributed by atoms with Crippen molar-refractivity contribution in [2.75, 3.05) is 26.2 Å². The summed E-state index contributed by atoms with van der Waals surface area (Å²) in [6, 6.07) is 13.1. The van der Waals surface area contributed by atoms with E-state index >= 15 is 0 Å². The van der Waals surface area contributed by atoms with Gasteiger partial charge in [-0.25, -0.2) is 4.79 Å². The van der Waals surface area contributed by atoms with Gasteiger partial charge in [0.15, 0.2) is 11.5 Å². The standard InChI is InChI=1S/C21H21N3O5/c1-26-18-12-15(13-19(27-2)20(18)28-3)24(21(22)25)14-4-6-16(7-5-14)29-17-8-10-23-11-9-17/h4-13H,1-3H3,(H2,22,25). The molecule has 8 nitrogen and oxygen atoms in total. The van der Waals surface area contributed by atoms with Crippen molar-refractivity contribution >= 4 is 17.4 Å². The first kappa shape index (κ1) is 19.8. The van der Waals surface area contributed by atoms with E-state index in [-0.39, 0.29) is 0 Å². The third-order valence-corrected chi connectivity index (χ3v) is 4.11. The van der Waals surface area contributed by atoms with Gasteiger partial charge in [0.2, 0.25) is 5.75 Å². The zero-order valence-corrected chi connectivity index (χ0v) is 16.3. The summed E-state index contributed by atoms with van der Waals surface area (Å²) in [6.45, 7) is 0. The number of hydrogen-bond donors (Lipinski definition) is 1. The molecular formula is C21H21N3O5. The number of carbonyl (C=O) groups is 1. The van der Waals surface area contributed by atoms with Gasteiger partial charge in [-0.05, 0) is 36.4 Å². The van der Waals surface area contributed by atoms with Gasteiger partial charge in [-0.1, -0.05) is 0 Å². The van der Waals surface area contributed by atoms with E-state index in [1.807, 2.05) is 0 Å². The lowest BCUT2D eigenvalue weighted by molar-refractivity contribution is 0.256. The maximum atomic E-state index is 12.2. The molecule has 1 heterocycles. The van der Waals surface area contributed by atoms with Gasteiger partial charge in [0.05, 0.1) is 32.7 Å². The Morgan fingerprint density at radius 2 is 1.38 bits per heavy atom. The zero-order valence-electron chi connectivity index (χ0n) is 16.3. The number of hydrogen-bond acceptors (Lipinski definition) is 6. The Hall–Kier alpha value is -3.94. The largest absolute Gasteiger partial charge is 0.493 e. The maximum absolute atomic E-state index is 12.2. The second kappa shape index (κ2) is 8.83. The normalized spacial score (nSPS) is 10.2. The summed E-state index contributed by atoms with van der Waals surface area (Å²) in [5.41, 5.74) is 6.67. The molecule has 2 amide bonds. The number of primary amides is 1. The molecule has 2 N–H and O–H groups in total. The lowest BCUT2D eigenvalue weighted by Crippen LogP contribution is -2.31. The molecule has 1 aromatic heterocycles. The zero-order chi connectivity index (χ0) is 20.8. The Balaban J connectivity index is 1.95. The number of amides is 2. The summed E-state index contributed by atoms with van der Waals surface area (Å²) in [5, 5.41) is 0. The Bertz CT molecular complexity index is 952. The van der Waals surface area contributed by atoms with Crippen LogP contribution in [0.3, 0.4) is 0 Å². The number of ether oxygens (including phenoxy) is 4. The van der Waals surface area contributed by atoms with E-state index in [9.17, 15) is 4.79 Å². The van der Waals surface area contributed by atoms with Crippen LogP contribution < -0.4 is 29.6 Å². The molecule has 0 saturated heterocycles. The van der Waals surface area contributed by atoms with Crippen molar-refractivity contribution in [2.24, 2.45) is 5.73 Å². The molecule has 0 spiro atoms. The monoisotopic (exact) mass is 395 g/mol. The van der Waals surface area contributed by atoms with E-state index in [2.05, 4.69) is 4.98 Å². The summed E-state index contributed by atoms with van der Waals surface area (Å²) < 4.78 is 21.8. The number of nitrogens with two attached hydrogens (primary N) is 1. The molecule has 0 bridgehead atoms. The fourth-order valence-electron chi connectivity index (χ4n) is 2.81. The molecule has 3 rings (SSSR count). The summed E-state index contributed by atoms with van der Waals surface area (Å²) in [6.07, 6.45) is 3.28.